The maximum absolute atomic E-state index is 15.0. The summed E-state index contributed by atoms with van der Waals surface area (Å²) in [4.78, 5) is 21.3. The molecule has 3 saturated heterocycles. The molecule has 0 radical (unpaired) electrons. The number of likely N-dealkylation sites (tertiary alicyclic amines) is 1. The Labute approximate surface area is 439 Å². The van der Waals surface area contributed by atoms with E-state index in [1.165, 1.54) is 6.26 Å². The van der Waals surface area contributed by atoms with Crippen LogP contribution in [0.2, 0.25) is 5.02 Å². The van der Waals surface area contributed by atoms with Crippen molar-refractivity contribution in [1.82, 2.24) is 9.47 Å². The first-order chi connectivity index (χ1) is 35.1. The minimum absolute atomic E-state index is 0.0194. The van der Waals surface area contributed by atoms with E-state index in [-0.39, 0.29) is 23.6 Å². The van der Waals surface area contributed by atoms with E-state index in [0.29, 0.717) is 45.5 Å². The summed E-state index contributed by atoms with van der Waals surface area (Å²) in [6.45, 7) is 12.4. The van der Waals surface area contributed by atoms with Crippen molar-refractivity contribution in [3.05, 3.63) is 138 Å². The van der Waals surface area contributed by atoms with Crippen molar-refractivity contribution in [2.75, 3.05) is 97.9 Å². The minimum Gasteiger partial charge on any atom is -0.478 e. The molecule has 9 rings (SSSR count). The molecule has 0 bridgehead atoms. The molecule has 0 saturated carbocycles. The molecular formula is C56H66ClN6O7PS2. The van der Waals surface area contributed by atoms with Crippen molar-refractivity contribution in [2.45, 2.75) is 68.0 Å². The molecule has 4 heterocycles. The van der Waals surface area contributed by atoms with Gasteiger partial charge in [-0.25, -0.2) is 13.2 Å². The summed E-state index contributed by atoms with van der Waals surface area (Å²) in [5.41, 5.74) is 7.56. The minimum atomic E-state index is -3.75. The van der Waals surface area contributed by atoms with Crippen LogP contribution >= 0.6 is 30.9 Å². The fraction of sp³-hybridized carbons (Fsp3) is 0.375. The van der Waals surface area contributed by atoms with Gasteiger partial charge in [-0.3, -0.25) is 9.24 Å². The Balaban J connectivity index is 0.893. The third-order valence-corrected chi connectivity index (χ3v) is 19.5. The van der Waals surface area contributed by atoms with Gasteiger partial charge in [0.15, 0.2) is 9.84 Å². The molecule has 1 aromatic heterocycles. The van der Waals surface area contributed by atoms with Gasteiger partial charge in [-0.1, -0.05) is 54.1 Å². The van der Waals surface area contributed by atoms with Crippen molar-refractivity contribution in [3.8, 4) is 22.4 Å². The standard InChI is InChI=1S/C56H66ClN6O7PS2/c1-39(2)63-40(3)53(56(64)65)54(55(63)41-14-16-43(57)17-15-41)42-10-9-11-47(36-42)61-32-30-60(31-33-61)45-18-20-46(21-19-45)62-34-35-70-71(62,66)49-22-23-51(52(37-49)73(5,67)68)58-44(38-72-50-12-7-6-8-13-50)24-27-59-28-25-48(69-4)26-29-59/h6-23,36-37,39,44,48,58H,24-35,38H2,1-5H3,(H,64,65)/t44-,71+/m1/s1. The smallest absolute Gasteiger partial charge is 0.338 e. The van der Waals surface area contributed by atoms with Crippen LogP contribution in [0, 0.1) is 6.92 Å². The van der Waals surface area contributed by atoms with Gasteiger partial charge in [0.25, 0.3) is 0 Å². The molecule has 3 fully saturated rings. The van der Waals surface area contributed by atoms with Crippen molar-refractivity contribution in [1.29, 1.82) is 0 Å². The number of benzene rings is 5. The van der Waals surface area contributed by atoms with Crippen LogP contribution in [0.25, 0.3) is 22.4 Å². The second kappa shape index (κ2) is 22.7. The number of methoxy groups -OCH3 is 1. The SMILES string of the molecule is COC1CCN(CC[C@H](CSc2ccccc2)Nc2ccc([P@]3(=O)OCCN3c3ccc(N4CCN(c5cccc(-c6c(C(=O)O)c(C)n(C(C)C)c6-c6ccc(Cl)cc6)c5)CC4)cc3)cc2S(C)(=O)=O)CC1. The molecule has 3 aliphatic heterocycles. The topological polar surface area (TPSA) is 137 Å². The molecule has 0 amide bonds. The number of carbonyl (C=O) groups is 1. The van der Waals surface area contributed by atoms with E-state index in [1.807, 2.05) is 85.8 Å². The number of nitrogens with one attached hydrogen (secondary N) is 1. The number of hydrogen-bond acceptors (Lipinski definition) is 11. The van der Waals surface area contributed by atoms with Gasteiger partial charge in [0, 0.05) is 115 Å². The quantitative estimate of drug-likeness (QED) is 0.0625. The second-order valence-corrected chi connectivity index (χ2v) is 25.3. The van der Waals surface area contributed by atoms with Crippen LogP contribution in [-0.4, -0.2) is 119 Å². The van der Waals surface area contributed by atoms with Crippen LogP contribution in [0.3, 0.4) is 0 Å². The van der Waals surface area contributed by atoms with Crippen molar-refractivity contribution in [2.24, 2.45) is 0 Å². The van der Waals surface area contributed by atoms with Crippen molar-refractivity contribution >= 4 is 74.7 Å². The summed E-state index contributed by atoms with van der Waals surface area (Å²) in [6.07, 6.45) is 4.30. The van der Waals surface area contributed by atoms with Crippen LogP contribution in [0.4, 0.5) is 22.7 Å². The number of nitrogens with zero attached hydrogens (tertiary/aromatic N) is 5. The number of thioether (sulfide) groups is 1. The molecule has 3 aliphatic rings. The summed E-state index contributed by atoms with van der Waals surface area (Å²) in [5, 5.41) is 15.2. The van der Waals surface area contributed by atoms with Crippen molar-refractivity contribution < 1.29 is 32.1 Å². The van der Waals surface area contributed by atoms with E-state index in [4.69, 9.17) is 20.9 Å². The van der Waals surface area contributed by atoms with Gasteiger partial charge in [-0.2, -0.15) is 0 Å². The number of aromatic carboxylic acids is 1. The molecule has 0 aliphatic carbocycles. The van der Waals surface area contributed by atoms with Gasteiger partial charge in [0.1, 0.15) is 0 Å². The lowest BCUT2D eigenvalue weighted by molar-refractivity contribution is 0.0406. The van der Waals surface area contributed by atoms with E-state index in [0.717, 1.165) is 110 Å². The molecule has 0 spiro atoms. The highest BCUT2D eigenvalue weighted by atomic mass is 35.5. The third kappa shape index (κ3) is 11.7. The maximum Gasteiger partial charge on any atom is 0.338 e. The fourth-order valence-corrected chi connectivity index (χ4v) is 14.9. The number of piperazine rings is 1. The van der Waals surface area contributed by atoms with E-state index in [9.17, 15) is 18.3 Å². The number of ether oxygens (including phenoxy) is 1. The molecule has 0 unspecified atom stereocenters. The Bertz CT molecular complexity index is 3050. The molecule has 2 atom stereocenters. The van der Waals surface area contributed by atoms with Gasteiger partial charge < -0.3 is 39.0 Å². The Hall–Kier alpha value is -5.25. The highest BCUT2D eigenvalue weighted by Gasteiger charge is 2.41. The summed E-state index contributed by atoms with van der Waals surface area (Å²) in [5.74, 6) is -0.231. The van der Waals surface area contributed by atoms with Crippen LogP contribution in [0.5, 0.6) is 0 Å². The molecule has 386 valence electrons. The van der Waals surface area contributed by atoms with Crippen LogP contribution in [-0.2, 0) is 23.7 Å². The maximum atomic E-state index is 15.0. The normalized spacial score (nSPS) is 18.4. The Morgan fingerprint density at radius 3 is 2.15 bits per heavy atom. The zero-order chi connectivity index (χ0) is 51.4. The van der Waals surface area contributed by atoms with E-state index < -0.39 is 23.3 Å². The Morgan fingerprint density at radius 2 is 1.51 bits per heavy atom. The largest absolute Gasteiger partial charge is 0.478 e. The highest BCUT2D eigenvalue weighted by Crippen LogP contribution is 2.56. The molecule has 17 heteroatoms. The summed E-state index contributed by atoms with van der Waals surface area (Å²) in [6, 6.07) is 39.0. The average Bonchev–Trinajstić information content (AvgIpc) is 3.95. The first-order valence-corrected chi connectivity index (χ1v) is 30.0. The molecule has 73 heavy (non-hydrogen) atoms. The first-order valence-electron chi connectivity index (χ1n) is 25.1. The number of carboxylic acids is 1. The Kier molecular flexibility index (Phi) is 16.4. The molecule has 5 aromatic carbocycles. The fourth-order valence-electron chi connectivity index (χ4n) is 10.6. The van der Waals surface area contributed by atoms with Crippen LogP contribution in [0.15, 0.2) is 131 Å². The third-order valence-electron chi connectivity index (χ3n) is 14.4. The molecule has 6 aromatic rings. The summed E-state index contributed by atoms with van der Waals surface area (Å²) in [7, 11) is -5.67. The monoisotopic (exact) mass is 1060 g/mol. The van der Waals surface area contributed by atoms with Gasteiger partial charge >= 0.3 is 13.5 Å². The number of hydrogen-bond donors (Lipinski definition) is 2. The average molecular weight is 1070 g/mol. The number of piperidine rings is 1. The predicted octanol–water partition coefficient (Wildman–Crippen LogP) is 11.2. The second-order valence-electron chi connectivity index (χ2n) is 19.5. The lowest BCUT2D eigenvalue weighted by atomic mass is 9.96. The van der Waals surface area contributed by atoms with Crippen molar-refractivity contribution in [3.63, 3.8) is 0 Å². The van der Waals surface area contributed by atoms with Gasteiger partial charge in [0.2, 0.25) is 0 Å². The van der Waals surface area contributed by atoms with E-state index >= 15 is 4.57 Å². The van der Waals surface area contributed by atoms with E-state index in [2.05, 4.69) is 62.7 Å². The first kappa shape index (κ1) is 52.6. The number of aromatic nitrogens is 1. The zero-order valence-corrected chi connectivity index (χ0v) is 45.5. The molecular weight excluding hydrogens is 999 g/mol. The highest BCUT2D eigenvalue weighted by molar-refractivity contribution is 7.99. The molecule has 2 N–H and O–H groups in total. The number of halogens is 1. The molecule has 13 nitrogen and oxygen atoms in total. The summed E-state index contributed by atoms with van der Waals surface area (Å²) >= 11 is 8.03. The number of sulfone groups is 1. The number of rotatable bonds is 18. The number of anilines is 4. The van der Waals surface area contributed by atoms with Crippen LogP contribution < -0.4 is 25.1 Å². The predicted molar refractivity (Wildman–Crippen MR) is 299 cm³/mol. The van der Waals surface area contributed by atoms with Gasteiger partial charge in [0.05, 0.1) is 46.4 Å². The zero-order valence-electron chi connectivity index (χ0n) is 42.2. The van der Waals surface area contributed by atoms with Crippen LogP contribution in [0.1, 0.15) is 55.2 Å². The lowest BCUT2D eigenvalue weighted by Crippen LogP contribution is -2.46. The lowest BCUT2D eigenvalue weighted by Gasteiger charge is -2.37. The van der Waals surface area contributed by atoms with E-state index in [1.54, 1.807) is 41.7 Å². The van der Waals surface area contributed by atoms with Gasteiger partial charge in [-0.15, -0.1) is 11.8 Å². The number of carboxylic acid groups (broad SMARTS) is 1. The summed E-state index contributed by atoms with van der Waals surface area (Å²) < 4.78 is 57.7. The van der Waals surface area contributed by atoms with Gasteiger partial charge in [-0.05, 0) is 130 Å². The Morgan fingerprint density at radius 1 is 0.836 bits per heavy atom.